The highest BCUT2D eigenvalue weighted by molar-refractivity contribution is 8.32. The molecule has 7 aromatic carbocycles. The lowest BCUT2D eigenvalue weighted by Gasteiger charge is -2.30. The molecule has 3 aliphatic carbocycles. The molecule has 0 aromatic heterocycles. The summed E-state index contributed by atoms with van der Waals surface area (Å²) in [6, 6.07) is 55.5. The molecule has 1 nitrogen and oxygen atoms in total. The van der Waals surface area contributed by atoms with E-state index in [1.54, 1.807) is 0 Å². The van der Waals surface area contributed by atoms with Crippen LogP contribution in [0.15, 0.2) is 150 Å². The molecule has 0 fully saturated rings. The van der Waals surface area contributed by atoms with Crippen LogP contribution in [-0.4, -0.2) is 18.8 Å². The first-order valence-corrected chi connectivity index (χ1v) is 22.9. The zero-order valence-corrected chi connectivity index (χ0v) is 35.0. The molecule has 56 heavy (non-hydrogen) atoms. The van der Waals surface area contributed by atoms with Crippen molar-refractivity contribution in [2.75, 3.05) is 23.7 Å². The van der Waals surface area contributed by atoms with E-state index in [0.717, 1.165) is 5.69 Å². The van der Waals surface area contributed by atoms with Crippen molar-refractivity contribution in [3.05, 3.63) is 179 Å². The van der Waals surface area contributed by atoms with Gasteiger partial charge in [-0.05, 0) is 151 Å². The molecule has 0 saturated heterocycles. The monoisotopic (exact) mass is 745 g/mol. The van der Waals surface area contributed by atoms with Crippen molar-refractivity contribution in [2.24, 2.45) is 0 Å². The minimum atomic E-state index is -0.849. The molecule has 7 aromatic rings. The molecule has 0 radical (unpaired) electrons. The standard InChI is InChI=1S/C54H51NS/c1-52(2)44-19-14-13-18-39(44)40-28-26-37(30-46(40)52)55(36-24-22-35(23-25-36)34-16-11-10-12-17-34)50-21-15-20-45-51(50)43-33-48-42(32-49(43)53(45,3)4)41-29-27-38(56(7,8)9)31-47(41)54(48,5)6/h10-33H,1-9H3. The Hall–Kier alpha value is -5.31. The van der Waals surface area contributed by atoms with Gasteiger partial charge in [0.05, 0.1) is 5.69 Å². The van der Waals surface area contributed by atoms with E-state index in [2.05, 4.69) is 211 Å². The Morgan fingerprint density at radius 1 is 0.375 bits per heavy atom. The first kappa shape index (κ1) is 35.1. The molecule has 0 atom stereocenters. The number of rotatable bonds is 5. The Kier molecular flexibility index (Phi) is 7.44. The van der Waals surface area contributed by atoms with Gasteiger partial charge in [-0.15, -0.1) is 0 Å². The topological polar surface area (TPSA) is 3.24 Å². The second-order valence-corrected chi connectivity index (χ2v) is 22.7. The van der Waals surface area contributed by atoms with E-state index in [9.17, 15) is 0 Å². The van der Waals surface area contributed by atoms with Gasteiger partial charge < -0.3 is 4.90 Å². The van der Waals surface area contributed by atoms with E-state index in [-0.39, 0.29) is 16.2 Å². The van der Waals surface area contributed by atoms with Crippen LogP contribution in [-0.2, 0) is 16.2 Å². The maximum Gasteiger partial charge on any atom is 0.0543 e. The van der Waals surface area contributed by atoms with Crippen LogP contribution in [0.1, 0.15) is 74.9 Å². The van der Waals surface area contributed by atoms with Crippen molar-refractivity contribution in [3.63, 3.8) is 0 Å². The summed E-state index contributed by atoms with van der Waals surface area (Å²) in [4.78, 5) is 4.01. The molecule has 0 spiro atoms. The number of hydrogen-bond donors (Lipinski definition) is 0. The van der Waals surface area contributed by atoms with E-state index in [4.69, 9.17) is 0 Å². The largest absolute Gasteiger partial charge is 0.310 e. The fraction of sp³-hybridized carbons (Fsp3) is 0.222. The van der Waals surface area contributed by atoms with Gasteiger partial charge in [0.2, 0.25) is 0 Å². The van der Waals surface area contributed by atoms with Crippen molar-refractivity contribution in [3.8, 4) is 44.5 Å². The maximum absolute atomic E-state index is 2.57. The second kappa shape index (κ2) is 11.9. The summed E-state index contributed by atoms with van der Waals surface area (Å²) in [5.74, 6) is 0. The smallest absolute Gasteiger partial charge is 0.0543 e. The van der Waals surface area contributed by atoms with Crippen LogP contribution >= 0.6 is 10.0 Å². The van der Waals surface area contributed by atoms with Crippen LogP contribution in [0, 0.1) is 0 Å². The van der Waals surface area contributed by atoms with Crippen LogP contribution in [0.2, 0.25) is 0 Å². The van der Waals surface area contributed by atoms with Gasteiger partial charge in [0.25, 0.3) is 0 Å². The third-order valence-corrected chi connectivity index (χ3v) is 15.1. The molecule has 0 amide bonds. The van der Waals surface area contributed by atoms with Crippen molar-refractivity contribution < 1.29 is 0 Å². The molecular weight excluding hydrogens is 695 g/mol. The first-order valence-electron chi connectivity index (χ1n) is 20.0. The summed E-state index contributed by atoms with van der Waals surface area (Å²) in [6.07, 6.45) is 7.21. The zero-order valence-electron chi connectivity index (χ0n) is 34.2. The number of nitrogens with zero attached hydrogens (tertiary/aromatic N) is 1. The fourth-order valence-corrected chi connectivity index (χ4v) is 11.2. The van der Waals surface area contributed by atoms with E-state index in [0.29, 0.717) is 0 Å². The summed E-state index contributed by atoms with van der Waals surface area (Å²) in [5.41, 5.74) is 22.3. The molecule has 3 aliphatic rings. The molecule has 0 N–H and O–H groups in total. The van der Waals surface area contributed by atoms with Gasteiger partial charge in [-0.2, -0.15) is 0 Å². The Balaban J connectivity index is 1.19. The summed E-state index contributed by atoms with van der Waals surface area (Å²) in [7, 11) is -0.849. The zero-order chi connectivity index (χ0) is 38.9. The Morgan fingerprint density at radius 3 is 1.64 bits per heavy atom. The fourth-order valence-electron chi connectivity index (χ4n) is 10.2. The quantitative estimate of drug-likeness (QED) is 0.170. The third kappa shape index (κ3) is 4.94. The van der Waals surface area contributed by atoms with Crippen molar-refractivity contribution in [2.45, 2.75) is 62.7 Å². The molecule has 0 heterocycles. The average molecular weight is 746 g/mol. The van der Waals surface area contributed by atoms with Crippen LogP contribution in [0.4, 0.5) is 17.1 Å². The Bertz CT molecular complexity index is 2740. The molecular formula is C54H51NS. The van der Waals surface area contributed by atoms with Gasteiger partial charge in [-0.3, -0.25) is 0 Å². The first-order chi connectivity index (χ1) is 26.7. The lowest BCUT2D eigenvalue weighted by atomic mass is 9.79. The van der Waals surface area contributed by atoms with E-state index >= 15 is 0 Å². The number of anilines is 3. The minimum Gasteiger partial charge on any atom is -0.310 e. The average Bonchev–Trinajstić information content (AvgIpc) is 3.67. The van der Waals surface area contributed by atoms with Gasteiger partial charge >= 0.3 is 0 Å². The number of benzene rings is 7. The second-order valence-electron chi connectivity index (χ2n) is 18.6. The molecule has 10 rings (SSSR count). The van der Waals surface area contributed by atoms with Gasteiger partial charge in [-0.25, -0.2) is 10.0 Å². The molecule has 0 unspecified atom stereocenters. The van der Waals surface area contributed by atoms with Crippen molar-refractivity contribution >= 4 is 27.1 Å². The summed E-state index contributed by atoms with van der Waals surface area (Å²) in [6.45, 7) is 14.5. The SMILES string of the molecule is CC1(C)c2ccccc2-c2ccc(N(c3ccc(-c4ccccc4)cc3)c3cccc4c3-c3cc5c(cc3C4(C)C)-c3ccc(S(C)(C)C)cc3C5(C)C)cc21. The van der Waals surface area contributed by atoms with Crippen LogP contribution in [0.25, 0.3) is 44.5 Å². The van der Waals surface area contributed by atoms with E-state index in [1.165, 1.54) is 94.2 Å². The normalized spacial score (nSPS) is 16.3. The molecule has 0 bridgehead atoms. The number of fused-ring (bicyclic) bond motifs is 9. The number of hydrogen-bond acceptors (Lipinski definition) is 1. The molecule has 0 saturated carbocycles. The maximum atomic E-state index is 2.57. The molecule has 0 aliphatic heterocycles. The summed E-state index contributed by atoms with van der Waals surface area (Å²) in [5, 5.41) is 0. The van der Waals surface area contributed by atoms with Gasteiger partial charge in [0.1, 0.15) is 0 Å². The van der Waals surface area contributed by atoms with Crippen LogP contribution < -0.4 is 4.90 Å². The predicted octanol–water partition coefficient (Wildman–Crippen LogP) is 14.8. The molecule has 278 valence electrons. The lowest BCUT2D eigenvalue weighted by Crippen LogP contribution is -2.17. The van der Waals surface area contributed by atoms with Gasteiger partial charge in [0.15, 0.2) is 0 Å². The van der Waals surface area contributed by atoms with Crippen molar-refractivity contribution in [1.82, 2.24) is 0 Å². The van der Waals surface area contributed by atoms with Gasteiger partial charge in [-0.1, -0.05) is 133 Å². The minimum absolute atomic E-state index is 0.101. The van der Waals surface area contributed by atoms with E-state index in [1.807, 2.05) is 0 Å². The predicted molar refractivity (Wildman–Crippen MR) is 243 cm³/mol. The van der Waals surface area contributed by atoms with E-state index < -0.39 is 10.0 Å². The highest BCUT2D eigenvalue weighted by Gasteiger charge is 2.43. The highest BCUT2D eigenvalue weighted by atomic mass is 32.3. The van der Waals surface area contributed by atoms with Crippen LogP contribution in [0.3, 0.4) is 0 Å². The lowest BCUT2D eigenvalue weighted by molar-refractivity contribution is 0.651. The van der Waals surface area contributed by atoms with Gasteiger partial charge in [0, 0.05) is 33.2 Å². The third-order valence-electron chi connectivity index (χ3n) is 13.4. The van der Waals surface area contributed by atoms with Crippen LogP contribution in [0.5, 0.6) is 0 Å². The summed E-state index contributed by atoms with van der Waals surface area (Å²) >= 11 is 0. The highest BCUT2D eigenvalue weighted by Crippen LogP contribution is 2.60. The Labute approximate surface area is 335 Å². The Morgan fingerprint density at radius 2 is 0.893 bits per heavy atom. The summed E-state index contributed by atoms with van der Waals surface area (Å²) < 4.78 is 0. The molecule has 2 heteroatoms. The van der Waals surface area contributed by atoms with Crippen molar-refractivity contribution in [1.29, 1.82) is 0 Å².